The smallest absolute Gasteiger partial charge is 0.297 e. The molecule has 0 bridgehead atoms. The average molecular weight is 324 g/mol. The second-order valence-electron chi connectivity index (χ2n) is 4.38. The zero-order valence-corrected chi connectivity index (χ0v) is 12.8. The van der Waals surface area contributed by atoms with Crippen molar-refractivity contribution in [2.75, 3.05) is 18.5 Å². The van der Waals surface area contributed by atoms with Gasteiger partial charge in [-0.2, -0.15) is 4.98 Å². The lowest BCUT2D eigenvalue weighted by Crippen LogP contribution is -2.17. The number of nitrogens with zero attached hydrogens (tertiary/aromatic N) is 2. The molecule has 1 aromatic heterocycles. The summed E-state index contributed by atoms with van der Waals surface area (Å²) in [6.45, 7) is 4.51. The van der Waals surface area contributed by atoms with Crippen LogP contribution in [0, 0.1) is 0 Å². The van der Waals surface area contributed by atoms with Gasteiger partial charge in [-0.3, -0.25) is 0 Å². The largest absolute Gasteiger partial charge is 0.432 e. The van der Waals surface area contributed by atoms with Crippen LogP contribution in [0.4, 0.5) is 6.01 Å². The van der Waals surface area contributed by atoms with Gasteiger partial charge in [-0.15, -0.1) is 0 Å². The number of halogens is 1. The highest BCUT2D eigenvalue weighted by atomic mass is 79.9. The summed E-state index contributed by atoms with van der Waals surface area (Å²) in [5, 5.41) is 3.23. The first-order chi connectivity index (χ1) is 9.19. The molecule has 5 heteroatoms. The molecule has 2 rings (SSSR count). The van der Waals surface area contributed by atoms with Crippen molar-refractivity contribution in [3.05, 3.63) is 46.3 Å². The van der Waals surface area contributed by atoms with Gasteiger partial charge in [-0.1, -0.05) is 35.0 Å². The Balaban J connectivity index is 1.97. The summed E-state index contributed by atoms with van der Waals surface area (Å²) in [7, 11) is 1.98. The van der Waals surface area contributed by atoms with E-state index in [1.54, 1.807) is 6.26 Å². The fraction of sp³-hybridized carbons (Fsp3) is 0.357. The van der Waals surface area contributed by atoms with E-state index in [4.69, 9.17) is 4.42 Å². The van der Waals surface area contributed by atoms with E-state index in [0.717, 1.165) is 29.8 Å². The highest BCUT2D eigenvalue weighted by Crippen LogP contribution is 2.16. The van der Waals surface area contributed by atoms with E-state index in [0.29, 0.717) is 6.01 Å². The number of rotatable bonds is 6. The minimum absolute atomic E-state index is 0.649. The monoisotopic (exact) mass is 323 g/mol. The lowest BCUT2D eigenvalue weighted by molar-refractivity contribution is 0.543. The standard InChI is InChI=1S/C14H18BrN3O/c1-3-16-8-13-10-19-14(17-13)18(2)9-11-4-6-12(15)7-5-11/h4-7,10,16H,3,8-9H2,1-2H3. The van der Waals surface area contributed by atoms with Gasteiger partial charge in [0.2, 0.25) is 0 Å². The summed E-state index contributed by atoms with van der Waals surface area (Å²) in [5.74, 6) is 0. The van der Waals surface area contributed by atoms with Crippen LogP contribution in [0.15, 0.2) is 39.4 Å². The third kappa shape index (κ3) is 4.08. The second-order valence-corrected chi connectivity index (χ2v) is 5.30. The molecule has 0 aliphatic rings. The number of benzene rings is 1. The quantitative estimate of drug-likeness (QED) is 0.886. The molecule has 19 heavy (non-hydrogen) atoms. The van der Waals surface area contributed by atoms with Crippen molar-refractivity contribution < 1.29 is 4.42 Å². The van der Waals surface area contributed by atoms with Gasteiger partial charge in [0.1, 0.15) is 6.26 Å². The molecule has 0 saturated carbocycles. The van der Waals surface area contributed by atoms with E-state index in [9.17, 15) is 0 Å². The first kappa shape index (κ1) is 14.1. The third-order valence-electron chi connectivity index (χ3n) is 2.76. The van der Waals surface area contributed by atoms with E-state index >= 15 is 0 Å². The molecule has 1 aromatic carbocycles. The third-order valence-corrected chi connectivity index (χ3v) is 3.28. The maximum Gasteiger partial charge on any atom is 0.297 e. The topological polar surface area (TPSA) is 41.3 Å². The summed E-state index contributed by atoms with van der Waals surface area (Å²) in [5.41, 5.74) is 2.15. The van der Waals surface area contributed by atoms with E-state index in [-0.39, 0.29) is 0 Å². The van der Waals surface area contributed by atoms with Gasteiger partial charge in [0.25, 0.3) is 6.01 Å². The first-order valence-corrected chi connectivity index (χ1v) is 7.09. The van der Waals surface area contributed by atoms with Crippen LogP contribution in [0.1, 0.15) is 18.2 Å². The number of hydrogen-bond acceptors (Lipinski definition) is 4. The molecule has 0 saturated heterocycles. The minimum Gasteiger partial charge on any atom is -0.432 e. The van der Waals surface area contributed by atoms with E-state index in [2.05, 4.69) is 45.3 Å². The molecule has 0 radical (unpaired) electrons. The summed E-state index contributed by atoms with van der Waals surface area (Å²) in [6.07, 6.45) is 1.70. The Morgan fingerprint density at radius 2 is 2.05 bits per heavy atom. The van der Waals surface area contributed by atoms with Crippen LogP contribution in [0.25, 0.3) is 0 Å². The number of hydrogen-bond donors (Lipinski definition) is 1. The summed E-state index contributed by atoms with van der Waals surface area (Å²) in [6, 6.07) is 8.90. The summed E-state index contributed by atoms with van der Waals surface area (Å²) < 4.78 is 6.57. The molecule has 0 aliphatic heterocycles. The van der Waals surface area contributed by atoms with Crippen molar-refractivity contribution in [2.45, 2.75) is 20.0 Å². The molecular weight excluding hydrogens is 306 g/mol. The van der Waals surface area contributed by atoms with Crippen LogP contribution in [0.5, 0.6) is 0 Å². The fourth-order valence-corrected chi connectivity index (χ4v) is 2.00. The van der Waals surface area contributed by atoms with Crippen LogP contribution >= 0.6 is 15.9 Å². The van der Waals surface area contributed by atoms with Gasteiger partial charge in [-0.25, -0.2) is 0 Å². The Labute approximate surface area is 122 Å². The lowest BCUT2D eigenvalue weighted by Gasteiger charge is -2.14. The Bertz CT molecular complexity index is 510. The van der Waals surface area contributed by atoms with Crippen molar-refractivity contribution in [1.29, 1.82) is 0 Å². The lowest BCUT2D eigenvalue weighted by atomic mass is 10.2. The van der Waals surface area contributed by atoms with Crippen molar-refractivity contribution in [1.82, 2.24) is 10.3 Å². The molecule has 1 N–H and O–H groups in total. The van der Waals surface area contributed by atoms with Crippen LogP contribution in [0.2, 0.25) is 0 Å². The molecule has 2 aromatic rings. The predicted octanol–water partition coefficient (Wildman–Crippen LogP) is 3.18. The van der Waals surface area contributed by atoms with Gasteiger partial charge >= 0.3 is 0 Å². The minimum atomic E-state index is 0.649. The Morgan fingerprint density at radius 1 is 1.32 bits per heavy atom. The Hall–Kier alpha value is -1.33. The van der Waals surface area contributed by atoms with E-state index in [1.807, 2.05) is 24.1 Å². The fourth-order valence-electron chi connectivity index (χ4n) is 1.74. The summed E-state index contributed by atoms with van der Waals surface area (Å²) in [4.78, 5) is 6.45. The zero-order chi connectivity index (χ0) is 13.7. The van der Waals surface area contributed by atoms with Gasteiger partial charge in [0.15, 0.2) is 0 Å². The zero-order valence-electron chi connectivity index (χ0n) is 11.2. The van der Waals surface area contributed by atoms with E-state index < -0.39 is 0 Å². The van der Waals surface area contributed by atoms with Crippen molar-refractivity contribution in [2.24, 2.45) is 0 Å². The normalized spacial score (nSPS) is 10.7. The molecule has 4 nitrogen and oxygen atoms in total. The molecular formula is C14H18BrN3O. The first-order valence-electron chi connectivity index (χ1n) is 6.29. The van der Waals surface area contributed by atoms with Crippen molar-refractivity contribution in [3.8, 4) is 0 Å². The van der Waals surface area contributed by atoms with Crippen LogP contribution in [-0.4, -0.2) is 18.6 Å². The van der Waals surface area contributed by atoms with E-state index in [1.165, 1.54) is 5.56 Å². The average Bonchev–Trinajstić information content (AvgIpc) is 2.88. The molecule has 1 heterocycles. The molecule has 0 spiro atoms. The van der Waals surface area contributed by atoms with Crippen LogP contribution in [0.3, 0.4) is 0 Å². The van der Waals surface area contributed by atoms with Gasteiger partial charge in [-0.05, 0) is 24.2 Å². The van der Waals surface area contributed by atoms with Crippen LogP contribution in [-0.2, 0) is 13.1 Å². The molecule has 0 aliphatic carbocycles. The molecule has 0 amide bonds. The number of aromatic nitrogens is 1. The molecule has 0 atom stereocenters. The SMILES string of the molecule is CCNCc1coc(N(C)Cc2ccc(Br)cc2)n1. The summed E-state index contributed by atoms with van der Waals surface area (Å²) >= 11 is 3.43. The number of nitrogens with one attached hydrogen (secondary N) is 1. The van der Waals surface area contributed by atoms with Crippen molar-refractivity contribution >= 4 is 21.9 Å². The van der Waals surface area contributed by atoms with Crippen LogP contribution < -0.4 is 10.2 Å². The maximum atomic E-state index is 5.48. The number of oxazole rings is 1. The van der Waals surface area contributed by atoms with Gasteiger partial charge < -0.3 is 14.6 Å². The highest BCUT2D eigenvalue weighted by molar-refractivity contribution is 9.10. The Kier molecular flexibility index (Phi) is 4.99. The number of anilines is 1. The second kappa shape index (κ2) is 6.73. The highest BCUT2D eigenvalue weighted by Gasteiger charge is 2.09. The molecule has 0 unspecified atom stereocenters. The maximum absolute atomic E-state index is 5.48. The van der Waals surface area contributed by atoms with Gasteiger partial charge in [0, 0.05) is 24.6 Å². The Morgan fingerprint density at radius 3 is 2.74 bits per heavy atom. The van der Waals surface area contributed by atoms with Crippen molar-refractivity contribution in [3.63, 3.8) is 0 Å². The van der Waals surface area contributed by atoms with Gasteiger partial charge in [0.05, 0.1) is 5.69 Å². The molecule has 0 fully saturated rings. The molecule has 102 valence electrons. The predicted molar refractivity (Wildman–Crippen MR) is 80.1 cm³/mol.